The molecule has 0 amide bonds. The summed E-state index contributed by atoms with van der Waals surface area (Å²) in [5.74, 6) is 1.02. The number of para-hydroxylation sites is 1. The molecular formula is C31H30N4O4S. The van der Waals surface area contributed by atoms with Crippen LogP contribution < -0.4 is 4.74 Å². The van der Waals surface area contributed by atoms with Gasteiger partial charge in [-0.15, -0.1) is 16.8 Å². The van der Waals surface area contributed by atoms with Crippen LogP contribution in [0.15, 0.2) is 83.8 Å². The molecule has 0 fully saturated rings. The molecule has 3 aromatic heterocycles. The van der Waals surface area contributed by atoms with Gasteiger partial charge in [0.15, 0.2) is 11.6 Å². The number of unbranched alkanes of at least 4 members (excludes halogenated alkanes) is 2. The zero-order valence-corrected chi connectivity index (χ0v) is 23.1. The lowest BCUT2D eigenvalue weighted by Gasteiger charge is -2.14. The van der Waals surface area contributed by atoms with E-state index in [0.717, 1.165) is 52.7 Å². The van der Waals surface area contributed by atoms with E-state index in [2.05, 4.69) is 23.7 Å². The molecule has 2 aromatic carbocycles. The summed E-state index contributed by atoms with van der Waals surface area (Å²) in [6.45, 7) is 7.20. The van der Waals surface area contributed by atoms with Crippen LogP contribution in [0.1, 0.15) is 53.6 Å². The highest BCUT2D eigenvalue weighted by molar-refractivity contribution is 7.80. The summed E-state index contributed by atoms with van der Waals surface area (Å²) in [5, 5.41) is 18.5. The van der Waals surface area contributed by atoms with Gasteiger partial charge in [-0.3, -0.25) is 0 Å². The number of carboxylic acid groups (broad SMARTS) is 1. The lowest BCUT2D eigenvalue weighted by atomic mass is 10.0. The van der Waals surface area contributed by atoms with E-state index in [1.807, 2.05) is 59.2 Å². The van der Waals surface area contributed by atoms with E-state index in [0.29, 0.717) is 30.6 Å². The van der Waals surface area contributed by atoms with E-state index in [-0.39, 0.29) is 5.76 Å². The summed E-state index contributed by atoms with van der Waals surface area (Å²) >= 11 is 4.71. The Bertz CT molecular complexity index is 1640. The first-order valence-electron chi connectivity index (χ1n) is 13.2. The highest BCUT2D eigenvalue weighted by Gasteiger charge is 2.25. The molecule has 0 aliphatic carbocycles. The molecule has 3 heterocycles. The number of hydrogen-bond acceptors (Lipinski definition) is 7. The van der Waals surface area contributed by atoms with Crippen molar-refractivity contribution >= 4 is 29.5 Å². The van der Waals surface area contributed by atoms with Gasteiger partial charge in [-0.2, -0.15) is 12.6 Å². The fourth-order valence-electron chi connectivity index (χ4n) is 4.54. The van der Waals surface area contributed by atoms with Gasteiger partial charge in [-0.25, -0.2) is 9.78 Å². The average Bonchev–Trinajstić information content (AvgIpc) is 3.63. The normalized spacial score (nSPS) is 11.9. The Morgan fingerprint density at radius 3 is 2.65 bits per heavy atom. The number of hydrogen-bond donors (Lipinski definition) is 2. The van der Waals surface area contributed by atoms with Crippen molar-refractivity contribution in [2.45, 2.75) is 38.0 Å². The standard InChI is InChI=1S/C31H30N4O4S/c1-3-5-8-18-38-21-13-11-20(12-14-21)25-19-23(22-9-6-7-10-24(22)32-25)29-33-34-30(35(29)17-4-2)28(40)26-15-16-27(39-26)31(36)37/h4,6-7,9-16,19,28,40H,2-3,5,8,17-18H2,1H3,(H,36,37). The van der Waals surface area contributed by atoms with Gasteiger partial charge in [-0.05, 0) is 55.0 Å². The Morgan fingerprint density at radius 2 is 1.93 bits per heavy atom. The first kappa shape index (κ1) is 27.2. The summed E-state index contributed by atoms with van der Waals surface area (Å²) in [7, 11) is 0. The van der Waals surface area contributed by atoms with Crippen molar-refractivity contribution in [1.82, 2.24) is 19.7 Å². The minimum absolute atomic E-state index is 0.161. The highest BCUT2D eigenvalue weighted by atomic mass is 32.1. The van der Waals surface area contributed by atoms with Crippen LogP contribution in [-0.2, 0) is 6.54 Å². The number of fused-ring (bicyclic) bond motifs is 1. The van der Waals surface area contributed by atoms with Crippen molar-refractivity contribution in [3.63, 3.8) is 0 Å². The van der Waals surface area contributed by atoms with Crippen molar-refractivity contribution in [2.24, 2.45) is 0 Å². The number of benzene rings is 2. The second-order valence-corrected chi connectivity index (χ2v) is 9.86. The average molecular weight is 555 g/mol. The zero-order chi connectivity index (χ0) is 28.1. The van der Waals surface area contributed by atoms with Crippen molar-refractivity contribution in [2.75, 3.05) is 6.61 Å². The maximum atomic E-state index is 11.3. The lowest BCUT2D eigenvalue weighted by Crippen LogP contribution is -2.07. The van der Waals surface area contributed by atoms with Crippen LogP contribution in [0, 0.1) is 0 Å². The van der Waals surface area contributed by atoms with Gasteiger partial charge in [0.2, 0.25) is 5.76 Å². The minimum atomic E-state index is -1.15. The third-order valence-electron chi connectivity index (χ3n) is 6.57. The van der Waals surface area contributed by atoms with Gasteiger partial charge in [-0.1, -0.05) is 44.0 Å². The van der Waals surface area contributed by atoms with Crippen LogP contribution in [0.3, 0.4) is 0 Å². The molecule has 0 saturated heterocycles. The molecule has 0 radical (unpaired) electrons. The number of furan rings is 1. The second kappa shape index (κ2) is 12.2. The summed E-state index contributed by atoms with van der Waals surface area (Å²) in [5.41, 5.74) is 3.42. The molecule has 40 heavy (non-hydrogen) atoms. The Hall–Kier alpha value is -4.37. The van der Waals surface area contributed by atoms with Gasteiger partial charge < -0.3 is 18.8 Å². The van der Waals surface area contributed by atoms with Gasteiger partial charge >= 0.3 is 5.97 Å². The number of aromatic carboxylic acids is 1. The maximum Gasteiger partial charge on any atom is 0.371 e. The Balaban J connectivity index is 1.54. The first-order chi connectivity index (χ1) is 19.5. The smallest absolute Gasteiger partial charge is 0.371 e. The Labute approximate surface area is 237 Å². The summed E-state index contributed by atoms with van der Waals surface area (Å²) < 4.78 is 13.3. The van der Waals surface area contributed by atoms with Gasteiger partial charge in [0.05, 0.1) is 17.8 Å². The number of rotatable bonds is 12. The van der Waals surface area contributed by atoms with E-state index in [9.17, 15) is 9.90 Å². The number of pyridine rings is 1. The highest BCUT2D eigenvalue weighted by Crippen LogP contribution is 2.35. The summed E-state index contributed by atoms with van der Waals surface area (Å²) in [6, 6.07) is 20.9. The number of nitrogens with zero attached hydrogens (tertiary/aromatic N) is 4. The third-order valence-corrected chi connectivity index (χ3v) is 7.05. The van der Waals surface area contributed by atoms with Gasteiger partial charge in [0, 0.05) is 23.1 Å². The molecule has 1 atom stereocenters. The Morgan fingerprint density at radius 1 is 1.12 bits per heavy atom. The number of carbonyl (C=O) groups is 1. The van der Waals surface area contributed by atoms with Gasteiger partial charge in [0.25, 0.3) is 0 Å². The van der Waals surface area contributed by atoms with Crippen LogP contribution in [0.2, 0.25) is 0 Å². The van der Waals surface area contributed by atoms with Crippen LogP contribution in [-0.4, -0.2) is 37.4 Å². The van der Waals surface area contributed by atoms with Crippen LogP contribution >= 0.6 is 12.6 Å². The molecule has 1 unspecified atom stereocenters. The van der Waals surface area contributed by atoms with Crippen molar-refractivity contribution < 1.29 is 19.1 Å². The van der Waals surface area contributed by atoms with Crippen molar-refractivity contribution in [1.29, 1.82) is 0 Å². The summed E-state index contributed by atoms with van der Waals surface area (Å²) in [6.07, 6.45) is 5.10. The number of allylic oxidation sites excluding steroid dienone is 1. The van der Waals surface area contributed by atoms with E-state index in [4.69, 9.17) is 26.8 Å². The van der Waals surface area contributed by atoms with Crippen molar-refractivity contribution in [3.05, 3.63) is 96.7 Å². The predicted molar refractivity (Wildman–Crippen MR) is 158 cm³/mol. The molecule has 0 aliphatic rings. The third kappa shape index (κ3) is 5.65. The van der Waals surface area contributed by atoms with E-state index in [1.54, 1.807) is 12.1 Å². The largest absolute Gasteiger partial charge is 0.494 e. The number of ether oxygens (including phenoxy) is 1. The fourth-order valence-corrected chi connectivity index (χ4v) is 4.87. The van der Waals surface area contributed by atoms with Crippen LogP contribution in [0.4, 0.5) is 0 Å². The molecule has 5 rings (SSSR count). The molecule has 0 aliphatic heterocycles. The second-order valence-electron chi connectivity index (χ2n) is 9.34. The quantitative estimate of drug-likeness (QED) is 0.0953. The molecule has 0 bridgehead atoms. The molecule has 204 valence electrons. The number of thiol groups is 1. The van der Waals surface area contributed by atoms with Crippen LogP contribution in [0.5, 0.6) is 5.75 Å². The molecule has 1 N–H and O–H groups in total. The summed E-state index contributed by atoms with van der Waals surface area (Å²) in [4.78, 5) is 16.2. The predicted octanol–water partition coefficient (Wildman–Crippen LogP) is 7.23. The molecule has 9 heteroatoms. The minimum Gasteiger partial charge on any atom is -0.494 e. The van der Waals surface area contributed by atoms with E-state index in [1.165, 1.54) is 6.07 Å². The molecule has 5 aromatic rings. The topological polar surface area (TPSA) is 103 Å². The zero-order valence-electron chi connectivity index (χ0n) is 22.2. The fraction of sp³-hybridized carbons (Fsp3) is 0.226. The monoisotopic (exact) mass is 554 g/mol. The SMILES string of the molecule is C=CCn1c(-c2cc(-c3ccc(OCCCCC)cc3)nc3ccccc23)nnc1C(S)c1ccc(C(=O)O)o1. The first-order valence-corrected chi connectivity index (χ1v) is 13.7. The molecule has 0 saturated carbocycles. The van der Waals surface area contributed by atoms with E-state index >= 15 is 0 Å². The van der Waals surface area contributed by atoms with Gasteiger partial charge in [0.1, 0.15) is 16.8 Å². The molecular weight excluding hydrogens is 524 g/mol. The lowest BCUT2D eigenvalue weighted by molar-refractivity contribution is 0.0660. The molecule has 8 nitrogen and oxygen atoms in total. The maximum absolute atomic E-state index is 11.3. The van der Waals surface area contributed by atoms with E-state index < -0.39 is 11.2 Å². The Kier molecular flexibility index (Phi) is 8.31. The van der Waals surface area contributed by atoms with Crippen LogP contribution in [0.25, 0.3) is 33.5 Å². The van der Waals surface area contributed by atoms with Crippen molar-refractivity contribution in [3.8, 4) is 28.4 Å². The number of carboxylic acids is 1. The molecule has 0 spiro atoms. The number of aromatic nitrogens is 4.